The Morgan fingerprint density at radius 1 is 1.24 bits per heavy atom. The highest BCUT2D eigenvalue weighted by Crippen LogP contribution is 2.35. The number of carbonyl (C=O) groups excluding carboxylic acids is 1. The lowest BCUT2D eigenvalue weighted by Gasteiger charge is -2.08. The molecule has 21 heavy (non-hydrogen) atoms. The van der Waals surface area contributed by atoms with Crippen molar-refractivity contribution in [3.05, 3.63) is 45.8 Å². The van der Waals surface area contributed by atoms with E-state index in [-0.39, 0.29) is 12.5 Å². The topological polar surface area (TPSA) is 50.7 Å². The minimum absolute atomic E-state index is 0.0685. The summed E-state index contributed by atoms with van der Waals surface area (Å²) in [7, 11) is 1.64. The predicted octanol–water partition coefficient (Wildman–Crippen LogP) is 3.16. The smallest absolute Gasteiger partial charge is 0.246 e. The molecule has 0 saturated heterocycles. The van der Waals surface area contributed by atoms with Crippen LogP contribution in [0.15, 0.2) is 29.3 Å². The van der Waals surface area contributed by atoms with Crippen molar-refractivity contribution in [2.45, 2.75) is 13.8 Å². The van der Waals surface area contributed by atoms with Crippen molar-refractivity contribution in [1.82, 2.24) is 0 Å². The number of hydrogen-bond donors (Lipinski definition) is 1. The summed E-state index contributed by atoms with van der Waals surface area (Å²) in [4.78, 5) is 17.5. The van der Waals surface area contributed by atoms with Crippen LogP contribution in [0.25, 0.3) is 0 Å². The van der Waals surface area contributed by atoms with Gasteiger partial charge in [0.05, 0.1) is 12.8 Å². The van der Waals surface area contributed by atoms with Crippen LogP contribution in [-0.4, -0.2) is 25.3 Å². The molecule has 0 atom stereocenters. The lowest BCUT2D eigenvalue weighted by molar-refractivity contribution is -0.114. The molecule has 1 aliphatic rings. The van der Waals surface area contributed by atoms with Gasteiger partial charge in [0.15, 0.2) is 0 Å². The van der Waals surface area contributed by atoms with Crippen molar-refractivity contribution in [3.63, 3.8) is 0 Å². The molecule has 3 rings (SSSR count). The summed E-state index contributed by atoms with van der Waals surface area (Å²) in [6, 6.07) is 7.77. The Bertz CT molecular complexity index is 729. The molecule has 0 fully saturated rings. The molecule has 1 aromatic heterocycles. The monoisotopic (exact) mass is 300 g/mol. The minimum atomic E-state index is -0.0685. The van der Waals surface area contributed by atoms with E-state index >= 15 is 0 Å². The van der Waals surface area contributed by atoms with Crippen molar-refractivity contribution in [3.8, 4) is 5.75 Å². The molecule has 0 unspecified atom stereocenters. The fourth-order valence-electron chi connectivity index (χ4n) is 2.38. The van der Waals surface area contributed by atoms with Gasteiger partial charge in [0.1, 0.15) is 17.3 Å². The number of fused-ring (bicyclic) bond motifs is 1. The molecule has 1 amide bonds. The summed E-state index contributed by atoms with van der Waals surface area (Å²) >= 11 is 1.60. The van der Waals surface area contributed by atoms with Gasteiger partial charge in [-0.2, -0.15) is 0 Å². The van der Waals surface area contributed by atoms with E-state index in [2.05, 4.69) is 24.2 Å². The van der Waals surface area contributed by atoms with E-state index in [4.69, 9.17) is 4.74 Å². The number of aliphatic imine (C=N–C) groups is 1. The molecule has 2 heterocycles. The second-order valence-electron chi connectivity index (χ2n) is 4.93. The maximum Gasteiger partial charge on any atom is 0.246 e. The first-order valence-corrected chi connectivity index (χ1v) is 7.51. The Labute approximate surface area is 127 Å². The van der Waals surface area contributed by atoms with Crippen LogP contribution in [0.2, 0.25) is 0 Å². The normalized spacial score (nSPS) is 14.0. The van der Waals surface area contributed by atoms with Gasteiger partial charge in [0.2, 0.25) is 5.91 Å². The second kappa shape index (κ2) is 5.33. The van der Waals surface area contributed by atoms with Crippen LogP contribution in [0.5, 0.6) is 5.75 Å². The molecule has 5 heteroatoms. The fourth-order valence-corrected chi connectivity index (χ4v) is 3.46. The molecule has 1 aromatic carbocycles. The number of aryl methyl sites for hydroxylation is 1. The van der Waals surface area contributed by atoms with Gasteiger partial charge < -0.3 is 10.1 Å². The third kappa shape index (κ3) is 2.45. The third-order valence-corrected chi connectivity index (χ3v) is 4.74. The molecular formula is C16H16N2O2S. The highest BCUT2D eigenvalue weighted by Gasteiger charge is 2.23. The maximum absolute atomic E-state index is 11.8. The van der Waals surface area contributed by atoms with Crippen LogP contribution in [0.3, 0.4) is 0 Å². The van der Waals surface area contributed by atoms with Gasteiger partial charge in [-0.25, -0.2) is 0 Å². The molecule has 108 valence electrons. The quantitative estimate of drug-likeness (QED) is 0.926. The van der Waals surface area contributed by atoms with Crippen molar-refractivity contribution >= 4 is 28.0 Å². The number of thiophene rings is 1. The Morgan fingerprint density at radius 3 is 2.62 bits per heavy atom. The standard InChI is InChI=1S/C16H16N2O2S/c1-9-10(2)21-16-14(9)15(17-8-13(19)18-16)11-4-6-12(20-3)7-5-11/h4-7H,8H2,1-3H3,(H,18,19). The first kappa shape index (κ1) is 13.8. The Kier molecular flexibility index (Phi) is 3.51. The Balaban J connectivity index is 2.14. The summed E-state index contributed by atoms with van der Waals surface area (Å²) in [6.07, 6.45) is 0. The number of anilines is 1. The largest absolute Gasteiger partial charge is 0.497 e. The second-order valence-corrected chi connectivity index (χ2v) is 6.15. The van der Waals surface area contributed by atoms with Gasteiger partial charge in [0.25, 0.3) is 0 Å². The molecule has 2 aromatic rings. The summed E-state index contributed by atoms with van der Waals surface area (Å²) < 4.78 is 5.19. The first-order chi connectivity index (χ1) is 10.1. The number of ether oxygens (including phenoxy) is 1. The van der Waals surface area contributed by atoms with Crippen LogP contribution in [0, 0.1) is 13.8 Å². The lowest BCUT2D eigenvalue weighted by atomic mass is 10.00. The van der Waals surface area contributed by atoms with Crippen molar-refractivity contribution in [1.29, 1.82) is 0 Å². The number of methoxy groups -OCH3 is 1. The van der Waals surface area contributed by atoms with E-state index in [0.717, 1.165) is 27.6 Å². The van der Waals surface area contributed by atoms with E-state index in [1.807, 2.05) is 24.3 Å². The van der Waals surface area contributed by atoms with E-state index in [0.29, 0.717) is 0 Å². The highest BCUT2D eigenvalue weighted by molar-refractivity contribution is 7.17. The number of nitrogens with one attached hydrogen (secondary N) is 1. The van der Waals surface area contributed by atoms with E-state index < -0.39 is 0 Å². The molecule has 0 radical (unpaired) electrons. The van der Waals surface area contributed by atoms with Gasteiger partial charge in [-0.3, -0.25) is 9.79 Å². The predicted molar refractivity (Wildman–Crippen MR) is 85.9 cm³/mol. The lowest BCUT2D eigenvalue weighted by Crippen LogP contribution is -2.12. The highest BCUT2D eigenvalue weighted by atomic mass is 32.1. The van der Waals surface area contributed by atoms with Crippen molar-refractivity contribution < 1.29 is 9.53 Å². The maximum atomic E-state index is 11.8. The zero-order valence-corrected chi connectivity index (χ0v) is 13.0. The molecule has 0 aliphatic carbocycles. The first-order valence-electron chi connectivity index (χ1n) is 6.69. The number of benzene rings is 1. The molecule has 0 spiro atoms. The van der Waals surface area contributed by atoms with Gasteiger partial charge >= 0.3 is 0 Å². The summed E-state index contributed by atoms with van der Waals surface area (Å²) in [6.45, 7) is 4.29. The summed E-state index contributed by atoms with van der Waals surface area (Å²) in [5, 5.41) is 3.84. The third-order valence-electron chi connectivity index (χ3n) is 3.62. The SMILES string of the molecule is COc1ccc(C2=NCC(=O)Nc3sc(C)c(C)c32)cc1. The van der Waals surface area contributed by atoms with Crippen LogP contribution < -0.4 is 10.1 Å². The van der Waals surface area contributed by atoms with E-state index in [1.165, 1.54) is 10.4 Å². The number of nitrogens with zero attached hydrogens (tertiary/aromatic N) is 1. The number of amides is 1. The van der Waals surface area contributed by atoms with Gasteiger partial charge in [-0.1, -0.05) is 0 Å². The van der Waals surface area contributed by atoms with Gasteiger partial charge in [-0.15, -0.1) is 11.3 Å². The molecule has 4 nitrogen and oxygen atoms in total. The molecular weight excluding hydrogens is 284 g/mol. The van der Waals surface area contributed by atoms with Crippen LogP contribution in [0.4, 0.5) is 5.00 Å². The van der Waals surface area contributed by atoms with Crippen LogP contribution in [-0.2, 0) is 4.79 Å². The zero-order chi connectivity index (χ0) is 15.0. The fraction of sp³-hybridized carbons (Fsp3) is 0.250. The average molecular weight is 300 g/mol. The molecule has 0 bridgehead atoms. The average Bonchev–Trinajstić information content (AvgIpc) is 2.67. The van der Waals surface area contributed by atoms with Crippen LogP contribution >= 0.6 is 11.3 Å². The van der Waals surface area contributed by atoms with Crippen LogP contribution in [0.1, 0.15) is 21.6 Å². The van der Waals surface area contributed by atoms with E-state index in [9.17, 15) is 4.79 Å². The summed E-state index contributed by atoms with van der Waals surface area (Å²) in [5.41, 5.74) is 4.07. The van der Waals surface area contributed by atoms with Gasteiger partial charge in [0, 0.05) is 16.0 Å². The van der Waals surface area contributed by atoms with Crippen molar-refractivity contribution in [2.24, 2.45) is 4.99 Å². The Hall–Kier alpha value is -2.14. The molecule has 1 N–H and O–H groups in total. The molecule has 1 aliphatic heterocycles. The number of rotatable bonds is 2. The number of hydrogen-bond acceptors (Lipinski definition) is 4. The van der Waals surface area contributed by atoms with Gasteiger partial charge in [-0.05, 0) is 43.7 Å². The minimum Gasteiger partial charge on any atom is -0.497 e. The number of carbonyl (C=O) groups is 1. The van der Waals surface area contributed by atoms with E-state index in [1.54, 1.807) is 18.4 Å². The zero-order valence-electron chi connectivity index (χ0n) is 12.2. The summed E-state index contributed by atoms with van der Waals surface area (Å²) in [5.74, 6) is 0.738. The Morgan fingerprint density at radius 2 is 1.95 bits per heavy atom. The molecule has 0 saturated carbocycles. The van der Waals surface area contributed by atoms with Crippen molar-refractivity contribution in [2.75, 3.05) is 19.0 Å².